The van der Waals surface area contributed by atoms with Crippen LogP contribution in [0.1, 0.15) is 50.5 Å². The third kappa shape index (κ3) is 6.13. The lowest BCUT2D eigenvalue weighted by atomic mass is 9.78. The second-order valence-corrected chi connectivity index (χ2v) is 12.6. The quantitative estimate of drug-likeness (QED) is 0.577. The number of ether oxygens (including phenoxy) is 1. The van der Waals surface area contributed by atoms with Gasteiger partial charge in [0.2, 0.25) is 10.0 Å². The van der Waals surface area contributed by atoms with E-state index in [2.05, 4.69) is 19.5 Å². The maximum absolute atomic E-state index is 13.5. The molecular weight excluding hydrogens is 498 g/mol. The third-order valence-electron chi connectivity index (χ3n) is 8.42. The summed E-state index contributed by atoms with van der Waals surface area (Å²) in [7, 11) is -1.69. The van der Waals surface area contributed by atoms with Crippen LogP contribution in [0.15, 0.2) is 41.4 Å². The predicted molar refractivity (Wildman–Crippen MR) is 138 cm³/mol. The summed E-state index contributed by atoms with van der Waals surface area (Å²) < 4.78 is 61.2. The van der Waals surface area contributed by atoms with Crippen molar-refractivity contribution in [1.29, 1.82) is 0 Å². The summed E-state index contributed by atoms with van der Waals surface area (Å²) in [6.07, 6.45) is 7.83. The summed E-state index contributed by atoms with van der Waals surface area (Å²) in [5.41, 5.74) is 1.04. The molecule has 1 N–H and O–H groups in total. The van der Waals surface area contributed by atoms with Crippen LogP contribution in [0, 0.1) is 17.0 Å². The molecule has 2 aromatic rings. The van der Waals surface area contributed by atoms with Crippen molar-refractivity contribution in [3.05, 3.63) is 53.7 Å². The lowest BCUT2D eigenvalue weighted by Crippen LogP contribution is -2.42. The van der Waals surface area contributed by atoms with Crippen LogP contribution in [0.25, 0.3) is 0 Å². The van der Waals surface area contributed by atoms with Crippen LogP contribution in [0.4, 0.5) is 14.6 Å². The molecule has 1 spiro atoms. The molecule has 1 saturated carbocycles. The summed E-state index contributed by atoms with van der Waals surface area (Å²) in [6.45, 7) is 4.04. The van der Waals surface area contributed by atoms with Gasteiger partial charge in [-0.15, -0.1) is 0 Å². The number of anilines is 1. The SMILES string of the molecule is CN(Cc1ccc(F)c(F)c1)[C@H]1CC[C@H](NS(=O)(=O)c2ccc(N3CCC4(CCOC4)CC3)nc2)CC1. The first-order valence-corrected chi connectivity index (χ1v) is 14.7. The minimum atomic E-state index is -3.66. The second kappa shape index (κ2) is 10.9. The molecule has 0 amide bonds. The number of aromatic nitrogens is 1. The molecule has 3 fully saturated rings. The van der Waals surface area contributed by atoms with E-state index in [4.69, 9.17) is 4.74 Å². The molecule has 7 nitrogen and oxygen atoms in total. The highest BCUT2D eigenvalue weighted by atomic mass is 32.2. The van der Waals surface area contributed by atoms with Gasteiger partial charge in [-0.05, 0) is 87.2 Å². The van der Waals surface area contributed by atoms with Crippen LogP contribution in [0.2, 0.25) is 0 Å². The molecule has 37 heavy (non-hydrogen) atoms. The molecule has 202 valence electrons. The van der Waals surface area contributed by atoms with E-state index in [0.717, 1.165) is 88.7 Å². The molecular formula is C27H36F2N4O3S. The number of hydrogen-bond acceptors (Lipinski definition) is 6. The van der Waals surface area contributed by atoms with Gasteiger partial charge in [0.15, 0.2) is 11.6 Å². The third-order valence-corrected chi connectivity index (χ3v) is 9.93. The van der Waals surface area contributed by atoms with Crippen molar-refractivity contribution in [2.24, 2.45) is 5.41 Å². The van der Waals surface area contributed by atoms with Gasteiger partial charge >= 0.3 is 0 Å². The Morgan fingerprint density at radius 2 is 1.84 bits per heavy atom. The van der Waals surface area contributed by atoms with Gasteiger partial charge in [-0.3, -0.25) is 4.90 Å². The predicted octanol–water partition coefficient (Wildman–Crippen LogP) is 4.09. The molecule has 1 aliphatic carbocycles. The standard InChI is InChI=1S/C27H36F2N4O3S/c1-32(18-20-2-8-24(28)25(29)16-20)22-5-3-21(4-6-22)31-37(34,35)23-7-9-26(30-17-23)33-13-10-27(11-14-33)12-15-36-19-27/h2,7-9,16-17,21-22,31H,3-6,10-15,18-19H2,1H3/t21-,22-. The molecule has 2 saturated heterocycles. The number of pyridine rings is 1. The van der Waals surface area contributed by atoms with Crippen molar-refractivity contribution in [1.82, 2.24) is 14.6 Å². The monoisotopic (exact) mass is 534 g/mol. The van der Waals surface area contributed by atoms with Gasteiger partial charge in [0.25, 0.3) is 0 Å². The highest BCUT2D eigenvalue weighted by Gasteiger charge is 2.38. The summed E-state index contributed by atoms with van der Waals surface area (Å²) in [5.74, 6) is -0.865. The zero-order valence-electron chi connectivity index (χ0n) is 21.3. The average Bonchev–Trinajstić information content (AvgIpc) is 3.35. The van der Waals surface area contributed by atoms with Crippen molar-refractivity contribution in [2.75, 3.05) is 38.3 Å². The highest BCUT2D eigenvalue weighted by molar-refractivity contribution is 7.89. The topological polar surface area (TPSA) is 74.8 Å². The fraction of sp³-hybridized carbons (Fsp3) is 0.593. The zero-order valence-corrected chi connectivity index (χ0v) is 22.2. The van der Waals surface area contributed by atoms with E-state index in [-0.39, 0.29) is 17.0 Å². The number of hydrogen-bond donors (Lipinski definition) is 1. The molecule has 3 aliphatic rings. The highest BCUT2D eigenvalue weighted by Crippen LogP contribution is 2.39. The molecule has 0 unspecified atom stereocenters. The second-order valence-electron chi connectivity index (χ2n) is 10.9. The van der Waals surface area contributed by atoms with Gasteiger partial charge in [0.1, 0.15) is 10.7 Å². The molecule has 0 bridgehead atoms. The van der Waals surface area contributed by atoms with Gasteiger partial charge in [-0.25, -0.2) is 26.9 Å². The molecule has 1 aromatic carbocycles. The Balaban J connectivity index is 1.11. The van der Waals surface area contributed by atoms with Crippen LogP contribution >= 0.6 is 0 Å². The minimum Gasteiger partial charge on any atom is -0.381 e. The molecule has 10 heteroatoms. The molecule has 2 aliphatic heterocycles. The Hall–Kier alpha value is -2.14. The first-order valence-electron chi connectivity index (χ1n) is 13.2. The van der Waals surface area contributed by atoms with Gasteiger partial charge < -0.3 is 9.64 Å². The van der Waals surface area contributed by atoms with Crippen molar-refractivity contribution in [2.45, 2.75) is 68.5 Å². The average molecular weight is 535 g/mol. The summed E-state index contributed by atoms with van der Waals surface area (Å²) >= 11 is 0. The van der Waals surface area contributed by atoms with Crippen molar-refractivity contribution in [3.8, 4) is 0 Å². The van der Waals surface area contributed by atoms with E-state index < -0.39 is 21.7 Å². The Morgan fingerprint density at radius 1 is 1.08 bits per heavy atom. The molecule has 1 aromatic heterocycles. The molecule has 0 atom stereocenters. The normalized spacial score (nSPS) is 24.2. The number of rotatable bonds is 7. The van der Waals surface area contributed by atoms with Gasteiger partial charge in [0.05, 0.1) is 6.61 Å². The maximum Gasteiger partial charge on any atom is 0.242 e. The van der Waals surface area contributed by atoms with Crippen molar-refractivity contribution >= 4 is 15.8 Å². The molecule has 0 radical (unpaired) electrons. The van der Waals surface area contributed by atoms with Crippen molar-refractivity contribution in [3.63, 3.8) is 0 Å². The number of sulfonamides is 1. The minimum absolute atomic E-state index is 0.135. The van der Waals surface area contributed by atoms with E-state index >= 15 is 0 Å². The van der Waals surface area contributed by atoms with Gasteiger partial charge in [0, 0.05) is 44.5 Å². The smallest absolute Gasteiger partial charge is 0.242 e. The number of piperidine rings is 1. The lowest BCUT2D eigenvalue weighted by molar-refractivity contribution is 0.133. The number of benzene rings is 1. The van der Waals surface area contributed by atoms with E-state index in [1.54, 1.807) is 12.1 Å². The first-order chi connectivity index (χ1) is 17.7. The Kier molecular flexibility index (Phi) is 7.81. The van der Waals surface area contributed by atoms with Crippen LogP contribution in [0.3, 0.4) is 0 Å². The largest absolute Gasteiger partial charge is 0.381 e. The summed E-state index contributed by atoms with van der Waals surface area (Å²) in [4.78, 5) is 9.02. The van der Waals surface area contributed by atoms with E-state index in [0.29, 0.717) is 12.0 Å². The van der Waals surface area contributed by atoms with Crippen LogP contribution in [0.5, 0.6) is 0 Å². The Labute approximate surface area is 218 Å². The Morgan fingerprint density at radius 3 is 2.46 bits per heavy atom. The van der Waals surface area contributed by atoms with Crippen LogP contribution in [-0.4, -0.2) is 63.7 Å². The van der Waals surface area contributed by atoms with Crippen molar-refractivity contribution < 1.29 is 21.9 Å². The summed E-state index contributed by atoms with van der Waals surface area (Å²) in [5, 5.41) is 0. The summed E-state index contributed by atoms with van der Waals surface area (Å²) in [6, 6.07) is 7.56. The zero-order chi connectivity index (χ0) is 26.0. The lowest BCUT2D eigenvalue weighted by Gasteiger charge is -2.38. The van der Waals surface area contributed by atoms with E-state index in [9.17, 15) is 17.2 Å². The van der Waals surface area contributed by atoms with Gasteiger partial charge in [-0.2, -0.15) is 0 Å². The molecule has 5 rings (SSSR count). The van der Waals surface area contributed by atoms with Crippen LogP contribution < -0.4 is 9.62 Å². The maximum atomic E-state index is 13.5. The first kappa shape index (κ1) is 26.5. The van der Waals surface area contributed by atoms with E-state index in [1.165, 1.54) is 12.3 Å². The number of halogens is 2. The molecule has 3 heterocycles. The number of nitrogens with one attached hydrogen (secondary N) is 1. The van der Waals surface area contributed by atoms with E-state index in [1.807, 2.05) is 13.1 Å². The van der Waals surface area contributed by atoms with Gasteiger partial charge in [-0.1, -0.05) is 6.07 Å². The van der Waals surface area contributed by atoms with Crippen LogP contribution in [-0.2, 0) is 21.3 Å². The number of nitrogens with zero attached hydrogens (tertiary/aromatic N) is 3. The Bertz CT molecular complexity index is 1170. The fourth-order valence-electron chi connectivity index (χ4n) is 5.95. The fourth-order valence-corrected chi connectivity index (χ4v) is 7.20.